The highest BCUT2D eigenvalue weighted by Crippen LogP contribution is 2.40. The van der Waals surface area contributed by atoms with E-state index in [4.69, 9.17) is 0 Å². The minimum Gasteiger partial charge on any atom is -0.0884 e. The summed E-state index contributed by atoms with van der Waals surface area (Å²) in [6.45, 7) is 6.77. The molecule has 0 bridgehead atoms. The van der Waals surface area contributed by atoms with Crippen LogP contribution in [0.25, 0.3) is 0 Å². The Balaban J connectivity index is 1.99. The number of rotatable bonds is 4. The van der Waals surface area contributed by atoms with Crippen molar-refractivity contribution in [1.29, 1.82) is 0 Å². The molecule has 2 atom stereocenters. The fourth-order valence-corrected chi connectivity index (χ4v) is 3.06. The number of alkyl halides is 1. The molecule has 1 aromatic rings. The maximum atomic E-state index is 3.86. The van der Waals surface area contributed by atoms with E-state index in [-0.39, 0.29) is 0 Å². The normalized spacial score (nSPS) is 19.5. The lowest BCUT2D eigenvalue weighted by Gasteiger charge is -2.18. The van der Waals surface area contributed by atoms with Gasteiger partial charge in [-0.2, -0.15) is 0 Å². The number of halogens is 1. The summed E-state index contributed by atoms with van der Waals surface area (Å²) in [5, 5.41) is 0. The van der Waals surface area contributed by atoms with Crippen LogP contribution in [0.1, 0.15) is 36.5 Å². The van der Waals surface area contributed by atoms with Gasteiger partial charge in [-0.1, -0.05) is 41.1 Å². The van der Waals surface area contributed by atoms with Crippen LogP contribution in [0.4, 0.5) is 0 Å². The third-order valence-electron chi connectivity index (χ3n) is 3.94. The molecule has 0 N–H and O–H groups in total. The predicted molar refractivity (Wildman–Crippen MR) is 74.2 cm³/mol. The third-order valence-corrected chi connectivity index (χ3v) is 5.10. The van der Waals surface area contributed by atoms with Crippen LogP contribution in [0.5, 0.6) is 0 Å². The molecule has 1 aliphatic carbocycles. The molecule has 0 spiro atoms. The Labute approximate surface area is 108 Å². The number of hydrogen-bond acceptors (Lipinski definition) is 0. The first-order valence-electron chi connectivity index (χ1n) is 6.28. The Morgan fingerprint density at radius 2 is 1.94 bits per heavy atom. The second-order valence-corrected chi connectivity index (χ2v) is 6.51. The van der Waals surface area contributed by atoms with Crippen molar-refractivity contribution in [2.24, 2.45) is 11.8 Å². The van der Waals surface area contributed by atoms with Crippen LogP contribution in [0, 0.1) is 25.7 Å². The van der Waals surface area contributed by atoms with Gasteiger partial charge in [-0.05, 0) is 61.6 Å². The molecule has 1 aromatic carbocycles. The Morgan fingerprint density at radius 3 is 2.50 bits per heavy atom. The fourth-order valence-electron chi connectivity index (χ4n) is 2.26. The van der Waals surface area contributed by atoms with Gasteiger partial charge in [0.15, 0.2) is 0 Å². The van der Waals surface area contributed by atoms with Gasteiger partial charge >= 0.3 is 0 Å². The van der Waals surface area contributed by atoms with Crippen LogP contribution in [0.2, 0.25) is 0 Å². The van der Waals surface area contributed by atoms with Crippen molar-refractivity contribution in [1.82, 2.24) is 0 Å². The van der Waals surface area contributed by atoms with Gasteiger partial charge in [0.2, 0.25) is 0 Å². The SMILES string of the molecule is Cc1ccc(CC(Br)C(C)C2CC2)cc1C. The van der Waals surface area contributed by atoms with Gasteiger partial charge in [0.1, 0.15) is 0 Å². The average molecular weight is 281 g/mol. The summed E-state index contributed by atoms with van der Waals surface area (Å²) in [4.78, 5) is 0.641. The van der Waals surface area contributed by atoms with E-state index in [1.165, 1.54) is 36.0 Å². The average Bonchev–Trinajstić information content (AvgIpc) is 3.06. The van der Waals surface area contributed by atoms with Gasteiger partial charge < -0.3 is 0 Å². The van der Waals surface area contributed by atoms with Crippen LogP contribution in [-0.2, 0) is 6.42 Å². The standard InChI is InChI=1S/C15H21Br/c1-10-4-5-13(8-11(10)2)9-15(16)12(3)14-6-7-14/h4-5,8,12,14-15H,6-7,9H2,1-3H3. The lowest BCUT2D eigenvalue weighted by Crippen LogP contribution is -2.15. The van der Waals surface area contributed by atoms with E-state index in [0.717, 1.165) is 11.8 Å². The first kappa shape index (κ1) is 12.2. The summed E-state index contributed by atoms with van der Waals surface area (Å²) in [6.07, 6.45) is 4.05. The molecule has 16 heavy (non-hydrogen) atoms. The van der Waals surface area contributed by atoms with Gasteiger partial charge in [0.25, 0.3) is 0 Å². The van der Waals surface area contributed by atoms with Crippen LogP contribution < -0.4 is 0 Å². The smallest absolute Gasteiger partial charge is 0.0214 e. The highest BCUT2D eigenvalue weighted by Gasteiger charge is 2.32. The van der Waals surface area contributed by atoms with E-state index < -0.39 is 0 Å². The predicted octanol–water partition coefficient (Wildman–Crippen LogP) is 4.66. The molecule has 1 aliphatic rings. The minimum absolute atomic E-state index is 0.641. The van der Waals surface area contributed by atoms with Crippen molar-refractivity contribution < 1.29 is 0 Å². The molecule has 0 saturated heterocycles. The molecule has 0 radical (unpaired) electrons. The number of aryl methyl sites for hydroxylation is 2. The zero-order valence-corrected chi connectivity index (χ0v) is 12.0. The molecule has 0 heterocycles. The third kappa shape index (κ3) is 2.88. The Kier molecular flexibility index (Phi) is 3.73. The van der Waals surface area contributed by atoms with E-state index in [9.17, 15) is 0 Å². The van der Waals surface area contributed by atoms with Gasteiger partial charge in [-0.25, -0.2) is 0 Å². The van der Waals surface area contributed by atoms with Crippen molar-refractivity contribution in [2.45, 2.75) is 44.9 Å². The van der Waals surface area contributed by atoms with E-state index >= 15 is 0 Å². The largest absolute Gasteiger partial charge is 0.0884 e. The van der Waals surface area contributed by atoms with E-state index in [1.54, 1.807) is 0 Å². The summed E-state index contributed by atoms with van der Waals surface area (Å²) in [7, 11) is 0. The molecular formula is C15H21Br. The quantitative estimate of drug-likeness (QED) is 0.704. The first-order chi connectivity index (χ1) is 7.58. The molecule has 0 amide bonds. The topological polar surface area (TPSA) is 0 Å². The zero-order valence-electron chi connectivity index (χ0n) is 10.5. The first-order valence-corrected chi connectivity index (χ1v) is 7.19. The molecule has 1 fully saturated rings. The van der Waals surface area contributed by atoms with E-state index in [0.29, 0.717) is 4.83 Å². The summed E-state index contributed by atoms with van der Waals surface area (Å²) in [5.41, 5.74) is 4.28. The second-order valence-electron chi connectivity index (χ2n) is 5.34. The van der Waals surface area contributed by atoms with Gasteiger partial charge in [0.05, 0.1) is 0 Å². The molecule has 88 valence electrons. The molecule has 0 aliphatic heterocycles. The van der Waals surface area contributed by atoms with Crippen molar-refractivity contribution in [3.63, 3.8) is 0 Å². The van der Waals surface area contributed by atoms with E-state index in [2.05, 4.69) is 54.9 Å². The molecule has 2 rings (SSSR count). The van der Waals surface area contributed by atoms with Crippen molar-refractivity contribution in [3.8, 4) is 0 Å². The van der Waals surface area contributed by atoms with Crippen molar-refractivity contribution in [3.05, 3.63) is 34.9 Å². The molecule has 2 unspecified atom stereocenters. The maximum absolute atomic E-state index is 3.86. The van der Waals surface area contributed by atoms with E-state index in [1.807, 2.05) is 0 Å². The highest BCUT2D eigenvalue weighted by molar-refractivity contribution is 9.09. The highest BCUT2D eigenvalue weighted by atomic mass is 79.9. The zero-order chi connectivity index (χ0) is 11.7. The molecule has 1 saturated carbocycles. The Morgan fingerprint density at radius 1 is 1.25 bits per heavy atom. The van der Waals surface area contributed by atoms with Crippen LogP contribution in [0.3, 0.4) is 0 Å². The monoisotopic (exact) mass is 280 g/mol. The molecule has 0 nitrogen and oxygen atoms in total. The maximum Gasteiger partial charge on any atom is 0.0214 e. The molecular weight excluding hydrogens is 260 g/mol. The molecule has 0 aromatic heterocycles. The fraction of sp³-hybridized carbons (Fsp3) is 0.600. The lowest BCUT2D eigenvalue weighted by molar-refractivity contribution is 0.490. The summed E-state index contributed by atoms with van der Waals surface area (Å²) >= 11 is 3.86. The van der Waals surface area contributed by atoms with Crippen LogP contribution >= 0.6 is 15.9 Å². The van der Waals surface area contributed by atoms with Crippen LogP contribution in [0.15, 0.2) is 18.2 Å². The summed E-state index contributed by atoms with van der Waals surface area (Å²) in [6, 6.07) is 6.85. The Hall–Kier alpha value is -0.300. The van der Waals surface area contributed by atoms with Crippen molar-refractivity contribution in [2.75, 3.05) is 0 Å². The summed E-state index contributed by atoms with van der Waals surface area (Å²) < 4.78 is 0. The molecule has 1 heteroatoms. The second kappa shape index (κ2) is 4.91. The van der Waals surface area contributed by atoms with Gasteiger partial charge in [-0.3, -0.25) is 0 Å². The Bertz CT molecular complexity index is 366. The number of hydrogen-bond donors (Lipinski definition) is 0. The number of benzene rings is 1. The van der Waals surface area contributed by atoms with Crippen LogP contribution in [-0.4, -0.2) is 4.83 Å². The summed E-state index contributed by atoms with van der Waals surface area (Å²) in [5.74, 6) is 1.80. The lowest BCUT2D eigenvalue weighted by atomic mass is 9.95. The minimum atomic E-state index is 0.641. The van der Waals surface area contributed by atoms with Crippen molar-refractivity contribution >= 4 is 15.9 Å². The van der Waals surface area contributed by atoms with Gasteiger partial charge in [-0.15, -0.1) is 0 Å². The van der Waals surface area contributed by atoms with Gasteiger partial charge in [0, 0.05) is 4.83 Å².